The molecule has 8 nitrogen and oxygen atoms in total. The zero-order chi connectivity index (χ0) is 24.0. The van der Waals surface area contributed by atoms with Gasteiger partial charge < -0.3 is 10.4 Å². The molecule has 1 aliphatic heterocycles. The van der Waals surface area contributed by atoms with E-state index < -0.39 is 11.9 Å². The van der Waals surface area contributed by atoms with Crippen LogP contribution in [0.15, 0.2) is 36.4 Å². The highest BCUT2D eigenvalue weighted by molar-refractivity contribution is 6.00. The molecule has 0 spiro atoms. The number of nitrogens with one attached hydrogen (secondary N) is 2. The number of phenols is 1. The van der Waals surface area contributed by atoms with E-state index in [-0.39, 0.29) is 30.5 Å². The van der Waals surface area contributed by atoms with Crippen molar-refractivity contribution >= 4 is 24.0 Å². The Bertz CT molecular complexity index is 1160. The largest absolute Gasteiger partial charge is 0.508 e. The monoisotopic (exact) mass is 447 g/mol. The molecule has 3 amide bonds. The molecule has 1 unspecified atom stereocenters. The van der Waals surface area contributed by atoms with Crippen molar-refractivity contribution in [2.75, 3.05) is 7.05 Å². The average molecular weight is 447 g/mol. The van der Waals surface area contributed by atoms with Crippen LogP contribution in [-0.4, -0.2) is 47.1 Å². The van der Waals surface area contributed by atoms with Crippen molar-refractivity contribution in [3.63, 3.8) is 0 Å². The number of carbonyl (C=O) groups is 4. The highest BCUT2D eigenvalue weighted by Gasteiger charge is 2.30. The third-order valence-corrected chi connectivity index (χ3v) is 5.57. The van der Waals surface area contributed by atoms with E-state index in [0.29, 0.717) is 35.2 Å². The molecule has 0 radical (unpaired) electrons. The maximum atomic E-state index is 12.2. The minimum Gasteiger partial charge on any atom is -0.508 e. The van der Waals surface area contributed by atoms with Gasteiger partial charge in [-0.05, 0) is 43.7 Å². The Hall–Kier alpha value is -3.96. The SMILES string of the molecule is Cc1c(O)cccc1C#CC(=O)NCc1ccc(C=O)c(CN(C)C2CCC(=O)NC2=O)c1. The summed E-state index contributed by atoms with van der Waals surface area (Å²) in [7, 11) is 1.77. The van der Waals surface area contributed by atoms with Crippen molar-refractivity contribution < 1.29 is 24.3 Å². The van der Waals surface area contributed by atoms with Crippen LogP contribution in [0.5, 0.6) is 5.75 Å². The maximum absolute atomic E-state index is 12.2. The quantitative estimate of drug-likeness (QED) is 0.350. The van der Waals surface area contributed by atoms with Crippen molar-refractivity contribution in [1.82, 2.24) is 15.5 Å². The second-order valence-electron chi connectivity index (χ2n) is 7.92. The van der Waals surface area contributed by atoms with Gasteiger partial charge in [0.15, 0.2) is 0 Å². The number of hydrogen-bond acceptors (Lipinski definition) is 6. The van der Waals surface area contributed by atoms with Crippen molar-refractivity contribution in [2.45, 2.75) is 38.9 Å². The molecule has 0 bridgehead atoms. The van der Waals surface area contributed by atoms with Crippen LogP contribution in [0.2, 0.25) is 0 Å². The number of aldehydes is 1. The molecule has 1 aliphatic rings. The molecule has 3 N–H and O–H groups in total. The number of amides is 3. The number of hydrogen-bond donors (Lipinski definition) is 3. The molecule has 2 aromatic rings. The van der Waals surface area contributed by atoms with Gasteiger partial charge in [0.25, 0.3) is 5.91 Å². The van der Waals surface area contributed by atoms with E-state index in [2.05, 4.69) is 22.5 Å². The molecule has 8 heteroatoms. The van der Waals surface area contributed by atoms with Crippen LogP contribution in [-0.2, 0) is 27.5 Å². The Labute approximate surface area is 192 Å². The first kappa shape index (κ1) is 23.7. The average Bonchev–Trinajstić information content (AvgIpc) is 2.78. The van der Waals surface area contributed by atoms with Crippen molar-refractivity contribution in [2.24, 2.45) is 0 Å². The smallest absolute Gasteiger partial charge is 0.296 e. The number of rotatable bonds is 6. The second-order valence-corrected chi connectivity index (χ2v) is 7.92. The fourth-order valence-electron chi connectivity index (χ4n) is 3.61. The summed E-state index contributed by atoms with van der Waals surface area (Å²) < 4.78 is 0. The Balaban J connectivity index is 1.66. The van der Waals surface area contributed by atoms with Gasteiger partial charge in [0.1, 0.15) is 12.0 Å². The van der Waals surface area contributed by atoms with Gasteiger partial charge in [-0.1, -0.05) is 30.2 Å². The first-order chi connectivity index (χ1) is 15.8. The van der Waals surface area contributed by atoms with Crippen LogP contribution >= 0.6 is 0 Å². The Morgan fingerprint density at radius 1 is 1.30 bits per heavy atom. The fraction of sp³-hybridized carbons (Fsp3) is 0.280. The molecule has 0 aromatic heterocycles. The van der Waals surface area contributed by atoms with Crippen molar-refractivity contribution in [3.8, 4) is 17.6 Å². The van der Waals surface area contributed by atoms with Crippen LogP contribution in [0.4, 0.5) is 0 Å². The Morgan fingerprint density at radius 3 is 2.82 bits per heavy atom. The summed E-state index contributed by atoms with van der Waals surface area (Å²) in [4.78, 5) is 49.0. The highest BCUT2D eigenvalue weighted by atomic mass is 16.3. The predicted octanol–water partition coefficient (Wildman–Crippen LogP) is 1.42. The molecular formula is C25H25N3O5. The lowest BCUT2D eigenvalue weighted by Crippen LogP contribution is -2.51. The highest BCUT2D eigenvalue weighted by Crippen LogP contribution is 2.19. The molecule has 33 heavy (non-hydrogen) atoms. The topological polar surface area (TPSA) is 116 Å². The first-order valence-corrected chi connectivity index (χ1v) is 10.5. The number of imide groups is 1. The summed E-state index contributed by atoms with van der Waals surface area (Å²) in [6.45, 7) is 2.26. The van der Waals surface area contributed by atoms with Gasteiger partial charge in [-0.2, -0.15) is 0 Å². The maximum Gasteiger partial charge on any atom is 0.296 e. The number of aromatic hydroxyl groups is 1. The number of benzene rings is 2. The number of piperidine rings is 1. The summed E-state index contributed by atoms with van der Waals surface area (Å²) in [6.07, 6.45) is 1.44. The van der Waals surface area contributed by atoms with E-state index in [1.54, 1.807) is 55.3 Å². The van der Waals surface area contributed by atoms with Crippen molar-refractivity contribution in [1.29, 1.82) is 0 Å². The third kappa shape index (κ3) is 6.05. The molecule has 1 saturated heterocycles. The molecule has 170 valence electrons. The lowest BCUT2D eigenvalue weighted by Gasteiger charge is -2.30. The lowest BCUT2D eigenvalue weighted by atomic mass is 10.0. The molecular weight excluding hydrogens is 422 g/mol. The van der Waals surface area contributed by atoms with E-state index >= 15 is 0 Å². The van der Waals surface area contributed by atoms with Gasteiger partial charge in [0.2, 0.25) is 11.8 Å². The molecule has 0 aliphatic carbocycles. The molecule has 0 saturated carbocycles. The summed E-state index contributed by atoms with van der Waals surface area (Å²) in [5.74, 6) is 4.29. The molecule has 1 heterocycles. The third-order valence-electron chi connectivity index (χ3n) is 5.57. The number of likely N-dealkylation sites (N-methyl/N-ethyl adjacent to an activating group) is 1. The van der Waals surface area contributed by atoms with E-state index in [1.165, 1.54) is 0 Å². The van der Waals surface area contributed by atoms with Gasteiger partial charge in [0.05, 0.1) is 6.04 Å². The molecule has 2 aromatic carbocycles. The van der Waals surface area contributed by atoms with Gasteiger partial charge in [-0.15, -0.1) is 0 Å². The van der Waals surface area contributed by atoms with Crippen LogP contribution in [0.1, 0.15) is 45.5 Å². The van der Waals surface area contributed by atoms with Gasteiger partial charge in [-0.3, -0.25) is 29.4 Å². The summed E-state index contributed by atoms with van der Waals surface area (Å²) in [5, 5.41) is 14.8. The van der Waals surface area contributed by atoms with Gasteiger partial charge in [0, 0.05) is 42.1 Å². The van der Waals surface area contributed by atoms with E-state index in [0.717, 1.165) is 11.8 Å². The second kappa shape index (κ2) is 10.6. The first-order valence-electron chi connectivity index (χ1n) is 10.5. The van der Waals surface area contributed by atoms with E-state index in [1.807, 2.05) is 0 Å². The zero-order valence-electron chi connectivity index (χ0n) is 18.5. The van der Waals surface area contributed by atoms with E-state index in [4.69, 9.17) is 0 Å². The molecule has 1 atom stereocenters. The Kier molecular flexibility index (Phi) is 7.59. The minimum atomic E-state index is -0.473. The number of nitrogens with zero attached hydrogens (tertiary/aromatic N) is 1. The number of phenolic OH excluding ortho intramolecular Hbond substituents is 1. The summed E-state index contributed by atoms with van der Waals surface area (Å²) in [6, 6.07) is 9.70. The fourth-order valence-corrected chi connectivity index (χ4v) is 3.61. The zero-order valence-corrected chi connectivity index (χ0v) is 18.5. The molecule has 1 fully saturated rings. The van der Waals surface area contributed by atoms with Crippen LogP contribution in [0.25, 0.3) is 0 Å². The van der Waals surface area contributed by atoms with Crippen LogP contribution < -0.4 is 10.6 Å². The van der Waals surface area contributed by atoms with Crippen LogP contribution in [0, 0.1) is 18.8 Å². The molecule has 3 rings (SSSR count). The number of carbonyl (C=O) groups excluding carboxylic acids is 4. The normalized spacial score (nSPS) is 15.4. The van der Waals surface area contributed by atoms with Crippen LogP contribution in [0.3, 0.4) is 0 Å². The summed E-state index contributed by atoms with van der Waals surface area (Å²) >= 11 is 0. The van der Waals surface area contributed by atoms with Gasteiger partial charge in [-0.25, -0.2) is 0 Å². The van der Waals surface area contributed by atoms with E-state index in [9.17, 15) is 24.3 Å². The minimum absolute atomic E-state index is 0.118. The predicted molar refractivity (Wildman–Crippen MR) is 121 cm³/mol. The lowest BCUT2D eigenvalue weighted by molar-refractivity contribution is -0.137. The van der Waals surface area contributed by atoms with Crippen molar-refractivity contribution in [3.05, 3.63) is 64.2 Å². The van der Waals surface area contributed by atoms with Gasteiger partial charge >= 0.3 is 0 Å². The summed E-state index contributed by atoms with van der Waals surface area (Å²) in [5.41, 5.74) is 3.15. The Morgan fingerprint density at radius 2 is 2.09 bits per heavy atom. The standard InChI is InChI=1S/C25H25N3O5/c1-16-18(4-3-5-22(16)30)8-10-23(31)26-13-17-6-7-19(15-29)20(12-17)14-28(2)21-9-11-24(32)27-25(21)33/h3-7,12,15,21,30H,9,11,13-14H2,1-2H3,(H,26,31)(H,27,32,33).